The zero-order valence-electron chi connectivity index (χ0n) is 8.34. The van der Waals surface area contributed by atoms with Crippen LogP contribution in [0.4, 0.5) is 5.69 Å². The van der Waals surface area contributed by atoms with Gasteiger partial charge in [-0.05, 0) is 6.07 Å². The number of alkyl halides is 1. The molecule has 0 fully saturated rings. The molecule has 0 aliphatic heterocycles. The van der Waals surface area contributed by atoms with Gasteiger partial charge in [-0.1, -0.05) is 0 Å². The number of ketones is 1. The first kappa shape index (κ1) is 12.8. The molecule has 0 aliphatic carbocycles. The van der Waals surface area contributed by atoms with Crippen LogP contribution in [-0.4, -0.2) is 22.9 Å². The first-order valence-electron chi connectivity index (χ1n) is 4.32. The molecule has 17 heavy (non-hydrogen) atoms. The monoisotopic (exact) mass is 252 g/mol. The number of benzene rings is 1. The number of nitrogens with zero attached hydrogens (tertiary/aromatic N) is 2. The third-order valence-corrected chi connectivity index (χ3v) is 2.28. The van der Waals surface area contributed by atoms with Crippen molar-refractivity contribution >= 4 is 29.4 Å². The van der Waals surface area contributed by atoms with E-state index in [0.29, 0.717) is 6.29 Å². The van der Waals surface area contributed by atoms with E-state index in [1.165, 1.54) is 0 Å². The largest absolute Gasteiger partial charge is 0.298 e. The van der Waals surface area contributed by atoms with Gasteiger partial charge in [0.2, 0.25) is 0 Å². The minimum atomic E-state index is -0.798. The lowest BCUT2D eigenvalue weighted by molar-refractivity contribution is -0.385. The predicted octanol–water partition coefficient (Wildman–Crippen LogP) is 1.70. The number of carbonyl (C=O) groups excluding carboxylic acids is 2. The van der Waals surface area contributed by atoms with E-state index in [9.17, 15) is 19.7 Å². The Morgan fingerprint density at radius 2 is 2.24 bits per heavy atom. The highest BCUT2D eigenvalue weighted by atomic mass is 35.5. The summed E-state index contributed by atoms with van der Waals surface area (Å²) >= 11 is 5.31. The Morgan fingerprint density at radius 3 is 2.65 bits per heavy atom. The fourth-order valence-corrected chi connectivity index (χ4v) is 1.39. The smallest absolute Gasteiger partial charge is 0.281 e. The second kappa shape index (κ2) is 5.18. The average Bonchev–Trinajstić information content (AvgIpc) is 2.35. The Morgan fingerprint density at radius 1 is 1.59 bits per heavy atom. The van der Waals surface area contributed by atoms with Crippen LogP contribution in [-0.2, 0) is 0 Å². The minimum absolute atomic E-state index is 0.0981. The fraction of sp³-hybridized carbons (Fsp3) is 0.100. The van der Waals surface area contributed by atoms with Gasteiger partial charge in [0.25, 0.3) is 5.69 Å². The van der Waals surface area contributed by atoms with Gasteiger partial charge in [0, 0.05) is 11.6 Å². The molecule has 0 bridgehead atoms. The van der Waals surface area contributed by atoms with Crippen molar-refractivity contribution in [2.24, 2.45) is 0 Å². The van der Waals surface area contributed by atoms with Gasteiger partial charge in [0.1, 0.15) is 0 Å². The van der Waals surface area contributed by atoms with Gasteiger partial charge in [-0.3, -0.25) is 19.7 Å². The predicted molar refractivity (Wildman–Crippen MR) is 58.2 cm³/mol. The summed E-state index contributed by atoms with van der Waals surface area (Å²) in [5.74, 6) is -1.11. The second-order valence-corrected chi connectivity index (χ2v) is 3.27. The van der Waals surface area contributed by atoms with Crippen molar-refractivity contribution in [3.8, 4) is 6.07 Å². The molecule has 0 aliphatic rings. The SMILES string of the molecule is N#Cc1cc(C(=O)CCl)c([N+](=O)[O-])cc1C=O. The van der Waals surface area contributed by atoms with Crippen molar-refractivity contribution in [2.75, 3.05) is 5.88 Å². The first-order valence-corrected chi connectivity index (χ1v) is 4.85. The van der Waals surface area contributed by atoms with Gasteiger partial charge in [-0.25, -0.2) is 0 Å². The summed E-state index contributed by atoms with van der Waals surface area (Å²) in [4.78, 5) is 31.9. The van der Waals surface area contributed by atoms with Crippen molar-refractivity contribution in [3.63, 3.8) is 0 Å². The number of Topliss-reactive ketones (excluding diaryl/α,β-unsaturated/α-hetero) is 1. The lowest BCUT2D eigenvalue weighted by atomic mass is 10.0. The van der Waals surface area contributed by atoms with E-state index in [0.717, 1.165) is 12.1 Å². The van der Waals surface area contributed by atoms with Crippen molar-refractivity contribution in [2.45, 2.75) is 0 Å². The summed E-state index contributed by atoms with van der Waals surface area (Å²) in [6.45, 7) is 0. The fourth-order valence-electron chi connectivity index (χ4n) is 1.25. The molecule has 86 valence electrons. The molecule has 0 aromatic heterocycles. The maximum atomic E-state index is 11.4. The molecule has 0 radical (unpaired) electrons. The quantitative estimate of drug-likeness (QED) is 0.267. The van der Waals surface area contributed by atoms with E-state index in [-0.39, 0.29) is 16.7 Å². The number of nitriles is 1. The first-order chi connectivity index (χ1) is 8.04. The zero-order valence-corrected chi connectivity index (χ0v) is 9.10. The highest BCUT2D eigenvalue weighted by Crippen LogP contribution is 2.23. The summed E-state index contributed by atoms with van der Waals surface area (Å²) in [5.41, 5.74) is -1.03. The third kappa shape index (κ3) is 2.46. The molecule has 7 heteroatoms. The van der Waals surface area contributed by atoms with E-state index < -0.39 is 22.3 Å². The molecule has 0 saturated carbocycles. The van der Waals surface area contributed by atoms with Gasteiger partial charge in [-0.15, -0.1) is 11.6 Å². The van der Waals surface area contributed by atoms with Crippen LogP contribution in [0.25, 0.3) is 0 Å². The number of nitro groups is 1. The van der Waals surface area contributed by atoms with Crippen molar-refractivity contribution in [3.05, 3.63) is 38.9 Å². The second-order valence-electron chi connectivity index (χ2n) is 3.00. The molecule has 0 unspecified atom stereocenters. The lowest BCUT2D eigenvalue weighted by Gasteiger charge is -2.02. The molecule has 0 amide bonds. The van der Waals surface area contributed by atoms with Gasteiger partial charge in [-0.2, -0.15) is 5.26 Å². The number of hydrogen-bond donors (Lipinski definition) is 0. The number of rotatable bonds is 4. The van der Waals surface area contributed by atoms with Crippen LogP contribution in [0.15, 0.2) is 12.1 Å². The third-order valence-electron chi connectivity index (χ3n) is 2.03. The highest BCUT2D eigenvalue weighted by molar-refractivity contribution is 6.31. The Labute approximate surface area is 101 Å². The topological polar surface area (TPSA) is 101 Å². The molecule has 0 N–H and O–H groups in total. The number of aldehydes is 1. The van der Waals surface area contributed by atoms with Crippen LogP contribution >= 0.6 is 11.6 Å². The maximum absolute atomic E-state index is 11.4. The molecule has 0 heterocycles. The maximum Gasteiger partial charge on any atom is 0.281 e. The molecule has 0 atom stereocenters. The van der Waals surface area contributed by atoms with Crippen molar-refractivity contribution in [1.82, 2.24) is 0 Å². The van der Waals surface area contributed by atoms with Gasteiger partial charge in [0.15, 0.2) is 12.1 Å². The summed E-state index contributed by atoms with van der Waals surface area (Å²) in [6.07, 6.45) is 0.320. The Kier molecular flexibility index (Phi) is 3.91. The molecular weight excluding hydrogens is 248 g/mol. The van der Waals surface area contributed by atoms with Crippen LogP contribution in [0.3, 0.4) is 0 Å². The van der Waals surface area contributed by atoms with Gasteiger partial charge in [0.05, 0.1) is 28.0 Å². The van der Waals surface area contributed by atoms with Gasteiger partial charge < -0.3 is 0 Å². The summed E-state index contributed by atoms with van der Waals surface area (Å²) in [5, 5.41) is 19.5. The van der Waals surface area contributed by atoms with E-state index in [1.807, 2.05) is 0 Å². The van der Waals surface area contributed by atoms with Crippen LogP contribution in [0.5, 0.6) is 0 Å². The van der Waals surface area contributed by atoms with Crippen molar-refractivity contribution < 1.29 is 14.5 Å². The Balaban J connectivity index is 3.58. The minimum Gasteiger partial charge on any atom is -0.298 e. The number of carbonyl (C=O) groups is 2. The molecule has 1 aromatic carbocycles. The summed E-state index contributed by atoms with van der Waals surface area (Å²) in [6, 6.07) is 3.58. The van der Waals surface area contributed by atoms with E-state index in [1.54, 1.807) is 6.07 Å². The van der Waals surface area contributed by atoms with E-state index in [2.05, 4.69) is 0 Å². The summed E-state index contributed by atoms with van der Waals surface area (Å²) < 4.78 is 0. The number of hydrogen-bond acceptors (Lipinski definition) is 5. The molecule has 6 nitrogen and oxygen atoms in total. The standard InChI is InChI=1S/C10H5ClN2O4/c11-3-10(15)8-1-6(4-12)7(5-14)2-9(8)13(16)17/h1-2,5H,3H2. The number of halogens is 1. The van der Waals surface area contributed by atoms with E-state index in [4.69, 9.17) is 16.9 Å². The van der Waals surface area contributed by atoms with Crippen LogP contribution < -0.4 is 0 Å². The van der Waals surface area contributed by atoms with E-state index >= 15 is 0 Å². The molecule has 0 spiro atoms. The lowest BCUT2D eigenvalue weighted by Crippen LogP contribution is -2.07. The Bertz CT molecular complexity index is 548. The van der Waals surface area contributed by atoms with Crippen LogP contribution in [0.2, 0.25) is 0 Å². The van der Waals surface area contributed by atoms with Gasteiger partial charge >= 0.3 is 0 Å². The van der Waals surface area contributed by atoms with Crippen LogP contribution in [0.1, 0.15) is 26.3 Å². The molecule has 0 saturated heterocycles. The highest BCUT2D eigenvalue weighted by Gasteiger charge is 2.22. The molecule has 1 aromatic rings. The Hall–Kier alpha value is -2.26. The zero-order chi connectivity index (χ0) is 13.0. The summed E-state index contributed by atoms with van der Waals surface area (Å²) in [7, 11) is 0. The number of nitro benzene ring substituents is 1. The molecule has 1 rings (SSSR count). The normalized spacial score (nSPS) is 9.41. The molecular formula is C10H5ClN2O4. The van der Waals surface area contributed by atoms with Crippen molar-refractivity contribution in [1.29, 1.82) is 5.26 Å². The average molecular weight is 253 g/mol. The van der Waals surface area contributed by atoms with Crippen LogP contribution in [0, 0.1) is 21.4 Å².